The van der Waals surface area contributed by atoms with Gasteiger partial charge in [0.05, 0.1) is 16.3 Å². The number of hydrogen-bond acceptors (Lipinski definition) is 3. The molecule has 2 nitrogen and oxygen atoms in total. The number of rotatable bonds is 2. The summed E-state index contributed by atoms with van der Waals surface area (Å²) in [5.41, 5.74) is 2.89. The van der Waals surface area contributed by atoms with Crippen LogP contribution in [-0.2, 0) is 0 Å². The van der Waals surface area contributed by atoms with Gasteiger partial charge in [-0.2, -0.15) is 0 Å². The predicted octanol–water partition coefficient (Wildman–Crippen LogP) is 3.23. The average Bonchev–Trinajstić information content (AvgIpc) is 2.59. The Kier molecular flexibility index (Phi) is 1.91. The van der Waals surface area contributed by atoms with Crippen molar-refractivity contribution in [1.29, 1.82) is 0 Å². The van der Waals surface area contributed by atoms with E-state index in [4.69, 9.17) is 4.74 Å². The zero-order chi connectivity index (χ0) is 9.38. The maximum Gasteiger partial charge on any atom is 0.146 e. The van der Waals surface area contributed by atoms with E-state index in [0.717, 1.165) is 11.3 Å². The van der Waals surface area contributed by atoms with Crippen LogP contribution in [0.2, 0.25) is 0 Å². The molecule has 3 rings (SSSR count). The lowest BCUT2D eigenvalue weighted by atomic mass is 9.96. The Labute approximate surface area is 86.5 Å². The molecule has 1 aromatic heterocycles. The number of benzene rings is 1. The molecule has 0 bridgehead atoms. The average molecular weight is 205 g/mol. The Bertz CT molecular complexity index is 447. The molecule has 1 heterocycles. The van der Waals surface area contributed by atoms with Crippen LogP contribution in [0.5, 0.6) is 5.75 Å². The van der Waals surface area contributed by atoms with Gasteiger partial charge in [-0.05, 0) is 31.4 Å². The van der Waals surface area contributed by atoms with Crippen molar-refractivity contribution in [2.45, 2.75) is 25.4 Å². The van der Waals surface area contributed by atoms with Gasteiger partial charge in [0.25, 0.3) is 0 Å². The van der Waals surface area contributed by atoms with Gasteiger partial charge in [-0.25, -0.2) is 4.98 Å². The SMILES string of the molecule is c1cc(OC2CCC2)c2ncsc2c1. The van der Waals surface area contributed by atoms with Crippen LogP contribution in [0, 0.1) is 0 Å². The molecule has 0 atom stereocenters. The van der Waals surface area contributed by atoms with Crippen LogP contribution in [0.3, 0.4) is 0 Å². The van der Waals surface area contributed by atoms with Crippen LogP contribution < -0.4 is 4.74 Å². The molecule has 0 N–H and O–H groups in total. The fraction of sp³-hybridized carbons (Fsp3) is 0.364. The zero-order valence-electron chi connectivity index (χ0n) is 7.77. The van der Waals surface area contributed by atoms with Gasteiger partial charge in [0, 0.05) is 0 Å². The minimum atomic E-state index is 0.433. The van der Waals surface area contributed by atoms with Crippen molar-refractivity contribution in [2.75, 3.05) is 0 Å². The highest BCUT2D eigenvalue weighted by molar-refractivity contribution is 7.16. The standard InChI is InChI=1S/C11H11NOS/c1-3-8(4-1)13-9-5-2-6-10-11(9)12-7-14-10/h2,5-8H,1,3-4H2. The number of ether oxygens (including phenoxy) is 1. The molecule has 0 amide bonds. The lowest BCUT2D eigenvalue weighted by Gasteiger charge is -2.26. The molecule has 1 saturated carbocycles. The van der Waals surface area contributed by atoms with Crippen LogP contribution in [0.15, 0.2) is 23.7 Å². The quantitative estimate of drug-likeness (QED) is 0.751. The first kappa shape index (κ1) is 8.24. The van der Waals surface area contributed by atoms with Crippen LogP contribution in [0.4, 0.5) is 0 Å². The van der Waals surface area contributed by atoms with Crippen LogP contribution >= 0.6 is 11.3 Å². The smallest absolute Gasteiger partial charge is 0.146 e. The molecule has 1 fully saturated rings. The van der Waals surface area contributed by atoms with E-state index in [-0.39, 0.29) is 0 Å². The summed E-state index contributed by atoms with van der Waals surface area (Å²) in [6, 6.07) is 6.13. The minimum absolute atomic E-state index is 0.433. The summed E-state index contributed by atoms with van der Waals surface area (Å²) in [5.74, 6) is 0.952. The van der Waals surface area contributed by atoms with E-state index < -0.39 is 0 Å². The van der Waals surface area contributed by atoms with Gasteiger partial charge < -0.3 is 4.74 Å². The van der Waals surface area contributed by atoms with Gasteiger partial charge >= 0.3 is 0 Å². The van der Waals surface area contributed by atoms with Crippen molar-refractivity contribution in [1.82, 2.24) is 4.98 Å². The summed E-state index contributed by atoms with van der Waals surface area (Å²) >= 11 is 1.66. The first-order valence-corrected chi connectivity index (χ1v) is 5.80. The molecule has 0 radical (unpaired) electrons. The molecule has 0 unspecified atom stereocenters. The number of aromatic nitrogens is 1. The molecule has 0 spiro atoms. The Morgan fingerprint density at radius 1 is 1.36 bits per heavy atom. The fourth-order valence-electron chi connectivity index (χ4n) is 1.62. The third-order valence-electron chi connectivity index (χ3n) is 2.67. The Hall–Kier alpha value is -1.09. The van der Waals surface area contributed by atoms with Crippen molar-refractivity contribution >= 4 is 21.6 Å². The van der Waals surface area contributed by atoms with Gasteiger partial charge in [-0.1, -0.05) is 6.07 Å². The van der Waals surface area contributed by atoms with Gasteiger partial charge in [0.15, 0.2) is 0 Å². The van der Waals surface area contributed by atoms with Gasteiger partial charge in [-0.15, -0.1) is 11.3 Å². The van der Waals surface area contributed by atoms with E-state index in [0.29, 0.717) is 6.10 Å². The predicted molar refractivity (Wildman–Crippen MR) is 57.9 cm³/mol. The largest absolute Gasteiger partial charge is 0.488 e. The molecule has 1 aliphatic carbocycles. The lowest BCUT2D eigenvalue weighted by Crippen LogP contribution is -2.24. The van der Waals surface area contributed by atoms with Crippen molar-refractivity contribution in [3.63, 3.8) is 0 Å². The molecule has 3 heteroatoms. The van der Waals surface area contributed by atoms with Crippen LogP contribution in [0.1, 0.15) is 19.3 Å². The highest BCUT2D eigenvalue weighted by atomic mass is 32.1. The molecular formula is C11H11NOS. The van der Waals surface area contributed by atoms with E-state index in [1.165, 1.54) is 24.0 Å². The third-order valence-corrected chi connectivity index (χ3v) is 3.46. The van der Waals surface area contributed by atoms with Crippen molar-refractivity contribution in [2.24, 2.45) is 0 Å². The summed E-state index contributed by atoms with van der Waals surface area (Å²) in [6.45, 7) is 0. The number of fused-ring (bicyclic) bond motifs is 1. The fourth-order valence-corrected chi connectivity index (χ4v) is 2.32. The maximum absolute atomic E-state index is 5.87. The maximum atomic E-state index is 5.87. The third kappa shape index (κ3) is 1.28. The number of para-hydroxylation sites is 1. The summed E-state index contributed by atoms with van der Waals surface area (Å²) in [7, 11) is 0. The Morgan fingerprint density at radius 2 is 2.29 bits per heavy atom. The van der Waals surface area contributed by atoms with E-state index >= 15 is 0 Å². The molecule has 2 aromatic rings. The lowest BCUT2D eigenvalue weighted by molar-refractivity contribution is 0.122. The molecular weight excluding hydrogens is 194 g/mol. The van der Waals surface area contributed by atoms with E-state index in [9.17, 15) is 0 Å². The van der Waals surface area contributed by atoms with Crippen LogP contribution in [-0.4, -0.2) is 11.1 Å². The minimum Gasteiger partial charge on any atom is -0.488 e. The molecule has 14 heavy (non-hydrogen) atoms. The van der Waals surface area contributed by atoms with Gasteiger partial charge in [-0.3, -0.25) is 0 Å². The summed E-state index contributed by atoms with van der Waals surface area (Å²) in [5, 5.41) is 0. The van der Waals surface area contributed by atoms with Gasteiger partial charge in [0.1, 0.15) is 11.3 Å². The van der Waals surface area contributed by atoms with E-state index in [1.807, 2.05) is 17.6 Å². The number of nitrogens with zero attached hydrogens (tertiary/aromatic N) is 1. The normalized spacial score (nSPS) is 16.9. The van der Waals surface area contributed by atoms with Crippen molar-refractivity contribution in [3.05, 3.63) is 23.7 Å². The topological polar surface area (TPSA) is 22.1 Å². The molecule has 0 saturated heterocycles. The van der Waals surface area contributed by atoms with Crippen LogP contribution in [0.25, 0.3) is 10.2 Å². The van der Waals surface area contributed by atoms with Crippen molar-refractivity contribution < 1.29 is 4.74 Å². The van der Waals surface area contributed by atoms with E-state index in [2.05, 4.69) is 11.1 Å². The second-order valence-electron chi connectivity index (χ2n) is 3.63. The number of hydrogen-bond donors (Lipinski definition) is 0. The first-order valence-electron chi connectivity index (χ1n) is 4.92. The first-order chi connectivity index (χ1) is 6.93. The molecule has 1 aromatic carbocycles. The summed E-state index contributed by atoms with van der Waals surface area (Å²) in [4.78, 5) is 4.32. The zero-order valence-corrected chi connectivity index (χ0v) is 8.59. The Morgan fingerprint density at radius 3 is 3.07 bits per heavy atom. The highest BCUT2D eigenvalue weighted by Crippen LogP contribution is 2.31. The molecule has 0 aliphatic heterocycles. The Balaban J connectivity index is 1.97. The van der Waals surface area contributed by atoms with Crippen molar-refractivity contribution in [3.8, 4) is 5.75 Å². The molecule has 72 valence electrons. The summed E-state index contributed by atoms with van der Waals surface area (Å²) < 4.78 is 7.08. The van der Waals surface area contributed by atoms with Gasteiger partial charge in [0.2, 0.25) is 0 Å². The monoisotopic (exact) mass is 205 g/mol. The second kappa shape index (κ2) is 3.24. The number of thiazole rings is 1. The molecule has 1 aliphatic rings. The highest BCUT2D eigenvalue weighted by Gasteiger charge is 2.20. The summed E-state index contributed by atoms with van der Waals surface area (Å²) in [6.07, 6.45) is 4.13. The van der Waals surface area contributed by atoms with E-state index in [1.54, 1.807) is 11.3 Å². The second-order valence-corrected chi connectivity index (χ2v) is 4.51.